The number of fused-ring (bicyclic) bond motifs is 1. The number of aliphatic hydroxyl groups excluding tert-OH is 2. The number of hydrogen-bond donors (Lipinski definition) is 2. The summed E-state index contributed by atoms with van der Waals surface area (Å²) in [7, 11) is 0. The Kier molecular flexibility index (Phi) is 3.11. The first kappa shape index (κ1) is 16.7. The average Bonchev–Trinajstić information content (AvgIpc) is 2.95. The van der Waals surface area contributed by atoms with E-state index in [1.165, 1.54) is 6.08 Å². The van der Waals surface area contributed by atoms with Gasteiger partial charge in [-0.25, -0.2) is 0 Å². The zero-order chi connectivity index (χ0) is 18.6. The van der Waals surface area contributed by atoms with Crippen LogP contribution in [-0.4, -0.2) is 53.0 Å². The number of carbonyl (C=O) groups excluding carboxylic acids is 2. The summed E-state index contributed by atoms with van der Waals surface area (Å²) in [6.07, 6.45) is -0.719. The standard InChI is InChI=1S/C20H24O6/c1-8-4-12(21)18(24)19(3)10(8)5-13-20-7-25-16(17(19)20)15(23)9(2)11(20)6-14(22)26-13/h4,10-11,13,15-18,23-24H,2,5-7H2,1,3H3. The van der Waals surface area contributed by atoms with Gasteiger partial charge in [0.05, 0.1) is 19.1 Å². The van der Waals surface area contributed by atoms with Gasteiger partial charge >= 0.3 is 5.97 Å². The van der Waals surface area contributed by atoms with Crippen LogP contribution in [0.5, 0.6) is 0 Å². The molecule has 4 fully saturated rings. The molecule has 1 spiro atoms. The van der Waals surface area contributed by atoms with Gasteiger partial charge in [0.15, 0.2) is 5.78 Å². The molecule has 5 rings (SSSR count). The molecule has 2 saturated heterocycles. The maximum Gasteiger partial charge on any atom is 0.306 e. The molecule has 140 valence electrons. The number of rotatable bonds is 0. The van der Waals surface area contributed by atoms with Crippen molar-refractivity contribution in [1.82, 2.24) is 0 Å². The highest BCUT2D eigenvalue weighted by Crippen LogP contribution is 2.71. The molecule has 3 aliphatic carbocycles. The number of esters is 1. The largest absolute Gasteiger partial charge is 0.462 e. The van der Waals surface area contributed by atoms with Crippen LogP contribution in [0.2, 0.25) is 0 Å². The molecule has 0 radical (unpaired) electrons. The zero-order valence-electron chi connectivity index (χ0n) is 15.0. The third kappa shape index (κ3) is 1.60. The van der Waals surface area contributed by atoms with Crippen molar-refractivity contribution in [2.75, 3.05) is 6.61 Å². The van der Waals surface area contributed by atoms with Crippen molar-refractivity contribution in [1.29, 1.82) is 0 Å². The van der Waals surface area contributed by atoms with Gasteiger partial charge < -0.3 is 19.7 Å². The van der Waals surface area contributed by atoms with E-state index in [4.69, 9.17) is 9.47 Å². The number of ketones is 1. The summed E-state index contributed by atoms with van der Waals surface area (Å²) < 4.78 is 11.9. The summed E-state index contributed by atoms with van der Waals surface area (Å²) in [6, 6.07) is 0. The Bertz CT molecular complexity index is 770. The van der Waals surface area contributed by atoms with E-state index < -0.39 is 29.1 Å². The minimum absolute atomic E-state index is 0.104. The summed E-state index contributed by atoms with van der Waals surface area (Å²) >= 11 is 0. The lowest BCUT2D eigenvalue weighted by Gasteiger charge is -2.65. The molecule has 0 aromatic carbocycles. The second kappa shape index (κ2) is 4.86. The fraction of sp³-hybridized carbons (Fsp3) is 0.700. The second-order valence-electron chi connectivity index (χ2n) is 8.97. The Hall–Kier alpha value is -1.50. The Morgan fingerprint density at radius 2 is 2.00 bits per heavy atom. The number of hydrogen-bond acceptors (Lipinski definition) is 6. The lowest BCUT2D eigenvalue weighted by atomic mass is 9.39. The minimum Gasteiger partial charge on any atom is -0.462 e. The van der Waals surface area contributed by atoms with Gasteiger partial charge in [-0.2, -0.15) is 0 Å². The van der Waals surface area contributed by atoms with Crippen LogP contribution in [0.3, 0.4) is 0 Å². The first-order valence-electron chi connectivity index (χ1n) is 9.31. The summed E-state index contributed by atoms with van der Waals surface area (Å²) in [5.41, 5.74) is 0.224. The Labute approximate surface area is 151 Å². The molecular weight excluding hydrogens is 336 g/mol. The summed E-state index contributed by atoms with van der Waals surface area (Å²) in [6.45, 7) is 8.26. The van der Waals surface area contributed by atoms with E-state index in [2.05, 4.69) is 6.58 Å². The average molecular weight is 360 g/mol. The predicted molar refractivity (Wildman–Crippen MR) is 89.8 cm³/mol. The maximum atomic E-state index is 12.5. The highest BCUT2D eigenvalue weighted by atomic mass is 16.6. The van der Waals surface area contributed by atoms with Crippen LogP contribution in [0.15, 0.2) is 23.8 Å². The molecule has 2 N–H and O–H groups in total. The summed E-state index contributed by atoms with van der Waals surface area (Å²) in [5, 5.41) is 21.8. The van der Waals surface area contributed by atoms with Gasteiger partial charge in [0.2, 0.25) is 0 Å². The van der Waals surface area contributed by atoms with Crippen LogP contribution >= 0.6 is 0 Å². The van der Waals surface area contributed by atoms with Crippen LogP contribution in [-0.2, 0) is 19.1 Å². The van der Waals surface area contributed by atoms with Crippen LogP contribution in [0.25, 0.3) is 0 Å². The molecule has 9 unspecified atom stereocenters. The SMILES string of the molecule is C=C1C(O)C2OCC34C(CC5C(C)=CC(=O)C(O)C5(C)C23)OC(=O)CC14. The van der Waals surface area contributed by atoms with E-state index >= 15 is 0 Å². The van der Waals surface area contributed by atoms with Gasteiger partial charge in [-0.05, 0) is 30.9 Å². The molecule has 26 heavy (non-hydrogen) atoms. The number of allylic oxidation sites excluding steroid dienone is 1. The van der Waals surface area contributed by atoms with Gasteiger partial charge in [-0.3, -0.25) is 9.59 Å². The summed E-state index contributed by atoms with van der Waals surface area (Å²) in [4.78, 5) is 24.8. The molecule has 5 aliphatic rings. The molecule has 2 aliphatic heterocycles. The lowest BCUT2D eigenvalue weighted by molar-refractivity contribution is -0.228. The Morgan fingerprint density at radius 3 is 2.73 bits per heavy atom. The monoisotopic (exact) mass is 360 g/mol. The second-order valence-corrected chi connectivity index (χ2v) is 8.97. The Balaban J connectivity index is 1.75. The van der Waals surface area contributed by atoms with E-state index in [1.54, 1.807) is 0 Å². The molecule has 6 heteroatoms. The third-order valence-electron chi connectivity index (χ3n) is 8.11. The quantitative estimate of drug-likeness (QED) is 0.490. The van der Waals surface area contributed by atoms with E-state index in [0.29, 0.717) is 18.6 Å². The van der Waals surface area contributed by atoms with Crippen LogP contribution in [0.1, 0.15) is 26.7 Å². The van der Waals surface area contributed by atoms with Crippen LogP contribution < -0.4 is 0 Å². The van der Waals surface area contributed by atoms with Gasteiger partial charge in [-0.1, -0.05) is 19.1 Å². The smallest absolute Gasteiger partial charge is 0.306 e. The van der Waals surface area contributed by atoms with E-state index in [0.717, 1.165) is 5.57 Å². The molecule has 9 atom stereocenters. The minimum atomic E-state index is -1.15. The highest BCUT2D eigenvalue weighted by Gasteiger charge is 2.76. The van der Waals surface area contributed by atoms with E-state index in [9.17, 15) is 19.8 Å². The molecule has 2 bridgehead atoms. The van der Waals surface area contributed by atoms with Crippen molar-refractivity contribution in [2.24, 2.45) is 28.6 Å². The van der Waals surface area contributed by atoms with Gasteiger partial charge in [0, 0.05) is 22.7 Å². The topological polar surface area (TPSA) is 93.1 Å². The van der Waals surface area contributed by atoms with Crippen molar-refractivity contribution >= 4 is 11.8 Å². The number of ether oxygens (including phenoxy) is 2. The molecular formula is C20H24O6. The molecule has 0 aromatic rings. The van der Waals surface area contributed by atoms with Crippen LogP contribution in [0.4, 0.5) is 0 Å². The molecule has 6 nitrogen and oxygen atoms in total. The molecule has 2 heterocycles. The van der Waals surface area contributed by atoms with E-state index in [-0.39, 0.29) is 42.0 Å². The van der Waals surface area contributed by atoms with Crippen molar-refractivity contribution in [3.63, 3.8) is 0 Å². The summed E-state index contributed by atoms with van der Waals surface area (Å²) in [5.74, 6) is -1.20. The fourth-order valence-electron chi connectivity index (χ4n) is 7.04. The van der Waals surface area contributed by atoms with E-state index in [1.807, 2.05) is 13.8 Å². The van der Waals surface area contributed by atoms with Crippen molar-refractivity contribution in [2.45, 2.75) is 51.1 Å². The Morgan fingerprint density at radius 1 is 1.27 bits per heavy atom. The maximum absolute atomic E-state index is 12.5. The van der Waals surface area contributed by atoms with Crippen molar-refractivity contribution in [3.05, 3.63) is 23.8 Å². The molecule has 2 saturated carbocycles. The van der Waals surface area contributed by atoms with Crippen LogP contribution in [0, 0.1) is 28.6 Å². The normalized spacial score (nSPS) is 55.0. The lowest BCUT2D eigenvalue weighted by Crippen LogP contribution is -2.71. The van der Waals surface area contributed by atoms with Gasteiger partial charge in [0.1, 0.15) is 18.3 Å². The predicted octanol–water partition coefficient (Wildman–Crippen LogP) is 0.766. The molecule has 0 aromatic heterocycles. The molecule has 0 amide bonds. The first-order chi connectivity index (χ1) is 12.2. The number of aliphatic hydroxyl groups is 2. The fourth-order valence-corrected chi connectivity index (χ4v) is 7.04. The number of carbonyl (C=O) groups is 2. The van der Waals surface area contributed by atoms with Crippen molar-refractivity contribution in [3.8, 4) is 0 Å². The first-order valence-corrected chi connectivity index (χ1v) is 9.31. The van der Waals surface area contributed by atoms with Gasteiger partial charge in [0.25, 0.3) is 0 Å². The third-order valence-corrected chi connectivity index (χ3v) is 8.11. The zero-order valence-corrected chi connectivity index (χ0v) is 15.0. The van der Waals surface area contributed by atoms with Gasteiger partial charge in [-0.15, -0.1) is 0 Å². The van der Waals surface area contributed by atoms with Crippen molar-refractivity contribution < 1.29 is 29.3 Å². The highest BCUT2D eigenvalue weighted by molar-refractivity contribution is 5.96.